The van der Waals surface area contributed by atoms with Crippen LogP contribution in [0.4, 0.5) is 0 Å². The van der Waals surface area contributed by atoms with E-state index in [1.165, 1.54) is 12.5 Å². The first kappa shape index (κ1) is 22.0. The number of amides is 1. The minimum absolute atomic E-state index is 0.0171. The fourth-order valence-corrected chi connectivity index (χ4v) is 3.68. The van der Waals surface area contributed by atoms with E-state index in [4.69, 9.17) is 4.74 Å². The maximum absolute atomic E-state index is 12.5. The molecule has 6 nitrogen and oxygen atoms in total. The zero-order valence-corrected chi connectivity index (χ0v) is 17.8. The van der Waals surface area contributed by atoms with Crippen LogP contribution in [-0.2, 0) is 22.6 Å². The third kappa shape index (κ3) is 6.68. The summed E-state index contributed by atoms with van der Waals surface area (Å²) in [7, 11) is 1.67. The maximum atomic E-state index is 12.5. The van der Waals surface area contributed by atoms with E-state index < -0.39 is 6.04 Å². The van der Waals surface area contributed by atoms with Crippen LogP contribution >= 0.6 is 0 Å². The number of piperazine rings is 1. The fraction of sp³-hybridized carbons (Fsp3) is 0.417. The molecule has 3 rings (SSSR count). The first-order valence-electron chi connectivity index (χ1n) is 10.4. The molecule has 2 aromatic rings. The second kappa shape index (κ2) is 10.9. The summed E-state index contributed by atoms with van der Waals surface area (Å²) in [5.41, 5.74) is 2.30. The Bertz CT molecular complexity index is 815. The molecule has 1 fully saturated rings. The van der Waals surface area contributed by atoms with Crippen LogP contribution in [0.5, 0.6) is 5.75 Å². The third-order valence-corrected chi connectivity index (χ3v) is 5.51. The normalized spacial score (nSPS) is 16.1. The Morgan fingerprint density at radius 2 is 1.57 bits per heavy atom. The first-order valence-corrected chi connectivity index (χ1v) is 10.4. The van der Waals surface area contributed by atoms with Crippen LogP contribution in [0.25, 0.3) is 0 Å². The van der Waals surface area contributed by atoms with Crippen molar-refractivity contribution in [3.8, 4) is 5.75 Å². The molecule has 30 heavy (non-hydrogen) atoms. The molecule has 6 heteroatoms. The second-order valence-corrected chi connectivity index (χ2v) is 7.82. The predicted molar refractivity (Wildman–Crippen MR) is 117 cm³/mol. The molecule has 1 N–H and O–H groups in total. The lowest BCUT2D eigenvalue weighted by Crippen LogP contribution is -2.51. The lowest BCUT2D eigenvalue weighted by Gasteiger charge is -2.34. The Labute approximate surface area is 178 Å². The van der Waals surface area contributed by atoms with E-state index in [0.717, 1.165) is 44.0 Å². The van der Waals surface area contributed by atoms with Crippen LogP contribution in [0.1, 0.15) is 18.1 Å². The number of Topliss-reactive ketones (excluding diaryl/α,β-unsaturated/α-hetero) is 1. The maximum Gasteiger partial charge on any atom is 0.234 e. The van der Waals surface area contributed by atoms with Crippen molar-refractivity contribution in [1.82, 2.24) is 15.1 Å². The Hall–Kier alpha value is -2.70. The summed E-state index contributed by atoms with van der Waals surface area (Å²) in [5.74, 6) is 0.761. The first-order chi connectivity index (χ1) is 14.5. The van der Waals surface area contributed by atoms with Crippen molar-refractivity contribution in [3.05, 3.63) is 65.7 Å². The molecule has 160 valence electrons. The smallest absolute Gasteiger partial charge is 0.234 e. The molecule has 1 aliphatic rings. The van der Waals surface area contributed by atoms with Gasteiger partial charge in [-0.15, -0.1) is 0 Å². The molecule has 0 saturated carbocycles. The zero-order valence-electron chi connectivity index (χ0n) is 17.8. The summed E-state index contributed by atoms with van der Waals surface area (Å²) in [6.07, 6.45) is 0.525. The molecule has 0 aliphatic carbocycles. The van der Waals surface area contributed by atoms with Crippen LogP contribution in [-0.4, -0.2) is 67.4 Å². The Kier molecular flexibility index (Phi) is 7.99. The highest BCUT2D eigenvalue weighted by Gasteiger charge is 2.22. The zero-order chi connectivity index (χ0) is 21.3. The van der Waals surface area contributed by atoms with Gasteiger partial charge in [-0.05, 0) is 36.6 Å². The highest BCUT2D eigenvalue weighted by atomic mass is 16.5. The molecule has 1 amide bonds. The lowest BCUT2D eigenvalue weighted by molar-refractivity contribution is -0.127. The van der Waals surface area contributed by atoms with Gasteiger partial charge in [0.15, 0.2) is 5.78 Å². The minimum atomic E-state index is -0.476. The molecule has 1 aliphatic heterocycles. The summed E-state index contributed by atoms with van der Waals surface area (Å²) < 4.78 is 5.21. The van der Waals surface area contributed by atoms with Crippen molar-refractivity contribution < 1.29 is 14.3 Å². The van der Waals surface area contributed by atoms with E-state index in [2.05, 4.69) is 27.2 Å². The number of rotatable bonds is 9. The van der Waals surface area contributed by atoms with E-state index in [-0.39, 0.29) is 11.7 Å². The van der Waals surface area contributed by atoms with Crippen molar-refractivity contribution in [3.63, 3.8) is 0 Å². The molecule has 0 aromatic heterocycles. The molecule has 0 bridgehead atoms. The molecule has 0 unspecified atom stereocenters. The van der Waals surface area contributed by atoms with Crippen LogP contribution < -0.4 is 10.1 Å². The van der Waals surface area contributed by atoms with E-state index >= 15 is 0 Å². The molecular formula is C24H31N3O3. The Balaban J connectivity index is 1.43. The average molecular weight is 410 g/mol. The molecule has 1 saturated heterocycles. The van der Waals surface area contributed by atoms with E-state index in [1.54, 1.807) is 7.11 Å². The van der Waals surface area contributed by atoms with Crippen molar-refractivity contribution in [2.75, 3.05) is 39.8 Å². The van der Waals surface area contributed by atoms with Crippen LogP contribution in [0, 0.1) is 0 Å². The number of nitrogens with one attached hydrogen (secondary N) is 1. The standard InChI is InChI=1S/C24H31N3O3/c1-19(28)23(16-20-6-4-3-5-7-20)25-24(29)18-27-14-12-26(13-15-27)17-21-8-10-22(30-2)11-9-21/h3-11,23H,12-18H2,1-2H3,(H,25,29)/t23-/m0/s1. The topological polar surface area (TPSA) is 61.9 Å². The predicted octanol–water partition coefficient (Wildman–Crippen LogP) is 2.13. The fourth-order valence-electron chi connectivity index (χ4n) is 3.68. The van der Waals surface area contributed by atoms with Crippen molar-refractivity contribution >= 4 is 11.7 Å². The van der Waals surface area contributed by atoms with Crippen molar-refractivity contribution in [2.24, 2.45) is 0 Å². The molecule has 0 spiro atoms. The van der Waals surface area contributed by atoms with Gasteiger partial charge in [-0.25, -0.2) is 0 Å². The number of carbonyl (C=O) groups is 2. The summed E-state index contributed by atoms with van der Waals surface area (Å²) >= 11 is 0. The van der Waals surface area contributed by atoms with Crippen LogP contribution in [0.3, 0.4) is 0 Å². The van der Waals surface area contributed by atoms with Gasteiger partial charge in [0.25, 0.3) is 0 Å². The summed E-state index contributed by atoms with van der Waals surface area (Å²) in [6, 6.07) is 17.5. The van der Waals surface area contributed by atoms with Gasteiger partial charge in [0.2, 0.25) is 5.91 Å². The number of hydrogen-bond donors (Lipinski definition) is 1. The van der Waals surface area contributed by atoms with Gasteiger partial charge in [0.05, 0.1) is 19.7 Å². The van der Waals surface area contributed by atoms with Crippen molar-refractivity contribution in [1.29, 1.82) is 0 Å². The number of carbonyl (C=O) groups excluding carboxylic acids is 2. The SMILES string of the molecule is COc1ccc(CN2CCN(CC(=O)N[C@@H](Cc3ccccc3)C(C)=O)CC2)cc1. The van der Waals surface area contributed by atoms with Gasteiger partial charge in [-0.2, -0.15) is 0 Å². The Morgan fingerprint density at radius 3 is 2.17 bits per heavy atom. The van der Waals surface area contributed by atoms with Gasteiger partial charge in [0, 0.05) is 32.7 Å². The number of hydrogen-bond acceptors (Lipinski definition) is 5. The summed E-state index contributed by atoms with van der Waals surface area (Å²) in [5, 5.41) is 2.92. The van der Waals surface area contributed by atoms with Crippen LogP contribution in [0.15, 0.2) is 54.6 Å². The molecule has 1 atom stereocenters. The van der Waals surface area contributed by atoms with Gasteiger partial charge in [-0.3, -0.25) is 19.4 Å². The Morgan fingerprint density at radius 1 is 0.933 bits per heavy atom. The number of ketones is 1. The molecule has 2 aromatic carbocycles. The highest BCUT2D eigenvalue weighted by Crippen LogP contribution is 2.14. The highest BCUT2D eigenvalue weighted by molar-refractivity contribution is 5.88. The van der Waals surface area contributed by atoms with Gasteiger partial charge in [-0.1, -0.05) is 42.5 Å². The molecular weight excluding hydrogens is 378 g/mol. The largest absolute Gasteiger partial charge is 0.497 e. The monoisotopic (exact) mass is 409 g/mol. The number of ether oxygens (including phenoxy) is 1. The van der Waals surface area contributed by atoms with Gasteiger partial charge < -0.3 is 10.1 Å². The molecule has 0 radical (unpaired) electrons. The second-order valence-electron chi connectivity index (χ2n) is 7.82. The average Bonchev–Trinajstić information content (AvgIpc) is 2.76. The summed E-state index contributed by atoms with van der Waals surface area (Å²) in [6.45, 7) is 6.27. The summed E-state index contributed by atoms with van der Waals surface area (Å²) in [4.78, 5) is 29.1. The minimum Gasteiger partial charge on any atom is -0.497 e. The van der Waals surface area contributed by atoms with Crippen molar-refractivity contribution in [2.45, 2.75) is 25.9 Å². The third-order valence-electron chi connectivity index (χ3n) is 5.51. The molecule has 1 heterocycles. The lowest BCUT2D eigenvalue weighted by atomic mass is 10.0. The quantitative estimate of drug-likeness (QED) is 0.688. The number of methoxy groups -OCH3 is 1. The van der Waals surface area contributed by atoms with E-state index in [0.29, 0.717) is 13.0 Å². The van der Waals surface area contributed by atoms with E-state index in [9.17, 15) is 9.59 Å². The van der Waals surface area contributed by atoms with Gasteiger partial charge >= 0.3 is 0 Å². The van der Waals surface area contributed by atoms with E-state index in [1.807, 2.05) is 42.5 Å². The van der Waals surface area contributed by atoms with Crippen LogP contribution in [0.2, 0.25) is 0 Å². The van der Waals surface area contributed by atoms with Gasteiger partial charge in [0.1, 0.15) is 5.75 Å². The number of nitrogens with zero attached hydrogens (tertiary/aromatic N) is 2. The number of benzene rings is 2.